The van der Waals surface area contributed by atoms with Crippen LogP contribution < -0.4 is 9.80 Å². The van der Waals surface area contributed by atoms with Gasteiger partial charge < -0.3 is 18.6 Å². The number of furan rings is 2. The molecule has 0 saturated heterocycles. The van der Waals surface area contributed by atoms with Crippen LogP contribution in [0.1, 0.15) is 33.4 Å². The lowest BCUT2D eigenvalue weighted by Crippen LogP contribution is -2.25. The number of benzene rings is 12. The molecule has 352 valence electrons. The largest absolute Gasteiger partial charge is 0.454 e. The summed E-state index contributed by atoms with van der Waals surface area (Å²) in [6.07, 6.45) is 0. The zero-order valence-electron chi connectivity index (χ0n) is 41.3. The van der Waals surface area contributed by atoms with Gasteiger partial charge in [-0.3, -0.25) is 0 Å². The van der Waals surface area contributed by atoms with Gasteiger partial charge in [0, 0.05) is 44.3 Å². The molecule has 4 heteroatoms. The molecule has 0 unspecified atom stereocenters. The van der Waals surface area contributed by atoms with Gasteiger partial charge >= 0.3 is 0 Å². The maximum absolute atomic E-state index is 6.73. The van der Waals surface area contributed by atoms with Gasteiger partial charge in [0.1, 0.15) is 11.2 Å². The molecular weight excluding hydrogens is 913 g/mol. The molecule has 0 radical (unpaired) electrons. The smallest absolute Gasteiger partial charge is 0.159 e. The molecule has 0 atom stereocenters. The third-order valence-electron chi connectivity index (χ3n) is 16.3. The van der Waals surface area contributed by atoms with Crippen LogP contribution in [0.5, 0.6) is 0 Å². The van der Waals surface area contributed by atoms with Crippen LogP contribution in [-0.2, 0) is 5.41 Å². The van der Waals surface area contributed by atoms with E-state index in [0.717, 1.165) is 78.0 Å². The van der Waals surface area contributed by atoms with Gasteiger partial charge in [0.2, 0.25) is 0 Å². The van der Waals surface area contributed by atoms with E-state index >= 15 is 0 Å². The van der Waals surface area contributed by atoms with E-state index < -0.39 is 5.41 Å². The van der Waals surface area contributed by atoms with Crippen LogP contribution in [0.3, 0.4) is 0 Å². The first-order chi connectivity index (χ1) is 37.0. The van der Waals surface area contributed by atoms with Crippen LogP contribution in [0.2, 0.25) is 0 Å². The maximum Gasteiger partial charge on any atom is 0.159 e. The highest BCUT2D eigenvalue weighted by Crippen LogP contribution is 2.64. The van der Waals surface area contributed by atoms with E-state index in [-0.39, 0.29) is 0 Å². The Balaban J connectivity index is 0.919. The molecule has 2 aromatic heterocycles. The fraction of sp³-hybridized carbons (Fsp3) is 0.0423. The number of anilines is 6. The Morgan fingerprint density at radius 3 is 1.16 bits per heavy atom. The summed E-state index contributed by atoms with van der Waals surface area (Å²) < 4.78 is 13.5. The summed E-state index contributed by atoms with van der Waals surface area (Å²) in [6, 6.07) is 89.4. The van der Waals surface area contributed by atoms with Crippen LogP contribution >= 0.6 is 0 Å². The van der Waals surface area contributed by atoms with Gasteiger partial charge in [0.25, 0.3) is 0 Å². The second-order valence-electron chi connectivity index (χ2n) is 20.5. The molecule has 2 aliphatic carbocycles. The second kappa shape index (κ2) is 15.7. The molecule has 0 N–H and O–H groups in total. The first-order valence-electron chi connectivity index (χ1n) is 25.9. The minimum atomic E-state index is -0.570. The van der Waals surface area contributed by atoms with Crippen molar-refractivity contribution in [1.82, 2.24) is 0 Å². The van der Waals surface area contributed by atoms with Crippen LogP contribution in [0.15, 0.2) is 251 Å². The minimum absolute atomic E-state index is 0.570. The van der Waals surface area contributed by atoms with Gasteiger partial charge in [0.15, 0.2) is 11.2 Å². The third kappa shape index (κ3) is 5.99. The number of aryl methyl sites for hydroxylation is 2. The van der Waals surface area contributed by atoms with Gasteiger partial charge in [-0.05, 0) is 177 Å². The third-order valence-corrected chi connectivity index (χ3v) is 16.3. The van der Waals surface area contributed by atoms with E-state index in [0.29, 0.717) is 0 Å². The first-order valence-corrected chi connectivity index (χ1v) is 25.9. The Morgan fingerprint density at radius 2 is 0.693 bits per heavy atom. The summed E-state index contributed by atoms with van der Waals surface area (Å²) in [4.78, 5) is 4.72. The predicted molar refractivity (Wildman–Crippen MR) is 311 cm³/mol. The molecule has 16 rings (SSSR count). The average Bonchev–Trinajstić information content (AvgIpc) is 4.19. The van der Waals surface area contributed by atoms with Crippen LogP contribution in [0.25, 0.3) is 87.7 Å². The Hall–Kier alpha value is -9.64. The molecule has 14 aromatic rings. The number of para-hydroxylation sites is 4. The quantitative estimate of drug-likeness (QED) is 0.166. The second-order valence-corrected chi connectivity index (χ2v) is 20.5. The van der Waals surface area contributed by atoms with Crippen LogP contribution in [-0.4, -0.2) is 0 Å². The topological polar surface area (TPSA) is 32.8 Å². The maximum atomic E-state index is 6.73. The van der Waals surface area contributed by atoms with Crippen molar-refractivity contribution >= 4 is 99.5 Å². The molecule has 75 heavy (non-hydrogen) atoms. The molecule has 2 heterocycles. The van der Waals surface area contributed by atoms with Gasteiger partial charge in [-0.25, -0.2) is 0 Å². The molecular formula is C71H46N2O2. The zero-order chi connectivity index (χ0) is 49.5. The molecule has 2 aliphatic rings. The van der Waals surface area contributed by atoms with Crippen LogP contribution in [0, 0.1) is 13.8 Å². The molecule has 0 saturated carbocycles. The summed E-state index contributed by atoms with van der Waals surface area (Å²) in [5.74, 6) is 0. The van der Waals surface area contributed by atoms with Crippen molar-refractivity contribution in [1.29, 1.82) is 0 Å². The SMILES string of the molecule is Cc1ccc(N(c2ccc3cc4c(cc3c2)C2(c3ccccc3-c3ccccc32)c2cc3cc(N(c5ccc(C)cc5)c5cccc6c5oc5ccccc56)ccc3cc2-4)c2cccc3c2oc2ccccc23)cc1. The van der Waals surface area contributed by atoms with Crippen molar-refractivity contribution in [3.63, 3.8) is 0 Å². The Kier molecular flexibility index (Phi) is 8.77. The summed E-state index contributed by atoms with van der Waals surface area (Å²) >= 11 is 0. The number of rotatable bonds is 6. The molecule has 0 amide bonds. The molecule has 12 aromatic carbocycles. The van der Waals surface area contributed by atoms with Crippen molar-refractivity contribution in [3.05, 3.63) is 276 Å². The fourth-order valence-corrected chi connectivity index (χ4v) is 12.9. The van der Waals surface area contributed by atoms with Gasteiger partial charge in [0.05, 0.1) is 16.8 Å². The van der Waals surface area contributed by atoms with Gasteiger partial charge in [-0.15, -0.1) is 0 Å². The molecule has 0 fully saturated rings. The Labute approximate surface area is 433 Å². The predicted octanol–water partition coefficient (Wildman–Crippen LogP) is 19.7. The number of fused-ring (bicyclic) bond motifs is 18. The lowest BCUT2D eigenvalue weighted by atomic mass is 9.70. The van der Waals surface area contributed by atoms with Crippen molar-refractivity contribution in [2.45, 2.75) is 19.3 Å². The van der Waals surface area contributed by atoms with E-state index in [9.17, 15) is 0 Å². The number of hydrogen-bond donors (Lipinski definition) is 0. The van der Waals surface area contributed by atoms with E-state index in [4.69, 9.17) is 8.83 Å². The van der Waals surface area contributed by atoms with Gasteiger partial charge in [-0.1, -0.05) is 157 Å². The summed E-state index contributed by atoms with van der Waals surface area (Å²) in [6.45, 7) is 4.29. The average molecular weight is 959 g/mol. The van der Waals surface area contributed by atoms with Crippen LogP contribution in [0.4, 0.5) is 34.1 Å². The highest BCUT2D eigenvalue weighted by Gasteiger charge is 2.52. The molecule has 1 spiro atoms. The van der Waals surface area contributed by atoms with E-state index in [1.54, 1.807) is 0 Å². The number of hydrogen-bond acceptors (Lipinski definition) is 4. The molecule has 4 nitrogen and oxygen atoms in total. The highest BCUT2D eigenvalue weighted by molar-refractivity contribution is 6.12. The van der Waals surface area contributed by atoms with Crippen molar-refractivity contribution in [3.8, 4) is 22.3 Å². The summed E-state index contributed by atoms with van der Waals surface area (Å²) in [5, 5.41) is 9.16. The summed E-state index contributed by atoms with van der Waals surface area (Å²) in [5.41, 5.74) is 21.9. The molecule has 0 aliphatic heterocycles. The Morgan fingerprint density at radius 1 is 0.293 bits per heavy atom. The Bertz CT molecular complexity index is 4390. The highest BCUT2D eigenvalue weighted by atomic mass is 16.3. The minimum Gasteiger partial charge on any atom is -0.454 e. The van der Waals surface area contributed by atoms with E-state index in [2.05, 4.69) is 254 Å². The van der Waals surface area contributed by atoms with E-state index in [1.165, 1.54) is 77.2 Å². The normalized spacial score (nSPS) is 13.0. The molecule has 0 bridgehead atoms. The zero-order valence-corrected chi connectivity index (χ0v) is 41.3. The number of nitrogens with zero attached hydrogens (tertiary/aromatic N) is 2. The van der Waals surface area contributed by atoms with Crippen molar-refractivity contribution in [2.24, 2.45) is 0 Å². The fourth-order valence-electron chi connectivity index (χ4n) is 12.9. The van der Waals surface area contributed by atoms with Crippen molar-refractivity contribution in [2.75, 3.05) is 9.80 Å². The first kappa shape index (κ1) is 41.9. The van der Waals surface area contributed by atoms with Gasteiger partial charge in [-0.2, -0.15) is 0 Å². The van der Waals surface area contributed by atoms with Crippen molar-refractivity contribution < 1.29 is 8.83 Å². The van der Waals surface area contributed by atoms with E-state index in [1.807, 2.05) is 12.1 Å². The lowest BCUT2D eigenvalue weighted by Gasteiger charge is -2.31. The lowest BCUT2D eigenvalue weighted by molar-refractivity contribution is 0.668. The summed E-state index contributed by atoms with van der Waals surface area (Å²) in [7, 11) is 0. The monoisotopic (exact) mass is 958 g/mol. The standard InChI is InChI=1S/C71H46N2O2/c1-43-25-31-49(32-26-43)72(65-21-11-17-57-55-15-5-9-23-67(55)74-69(57)65)51-35-29-45-39-59-60-40-46-30-36-52(73(50-33-27-44(2)28-34-50)66-22-12-18-58-56-16-6-10-24-68(56)75-70(58)66)38-48(46)42-64(60)71(63(59)41-47(45)37-51)61-19-7-3-13-53(61)54-14-4-8-20-62(54)71/h3-42H,1-2H3.